The van der Waals surface area contributed by atoms with Crippen molar-refractivity contribution in [1.82, 2.24) is 4.98 Å². The van der Waals surface area contributed by atoms with Gasteiger partial charge in [0, 0.05) is 11.8 Å². The van der Waals surface area contributed by atoms with Crippen LogP contribution in [0.1, 0.15) is 11.1 Å². The van der Waals surface area contributed by atoms with E-state index in [1.807, 2.05) is 6.07 Å². The number of para-hydroxylation sites is 1. The third kappa shape index (κ3) is 2.01. The number of aromatic nitrogens is 1. The number of primary amides is 1. The Labute approximate surface area is 130 Å². The Bertz CT molecular complexity index is 819. The van der Waals surface area contributed by atoms with Crippen LogP contribution in [0.2, 0.25) is 5.02 Å². The van der Waals surface area contributed by atoms with E-state index in [0.29, 0.717) is 11.3 Å². The van der Waals surface area contributed by atoms with Crippen LogP contribution >= 0.6 is 11.6 Å². The second kappa shape index (κ2) is 5.16. The molecule has 1 aromatic heterocycles. The van der Waals surface area contributed by atoms with E-state index in [-0.39, 0.29) is 22.8 Å². The molecule has 0 saturated heterocycles. The fourth-order valence-electron chi connectivity index (χ4n) is 2.45. The maximum Gasteiger partial charge on any atom is 0.338 e. The number of nitrogens with zero attached hydrogens (tertiary/aromatic N) is 4. The van der Waals surface area contributed by atoms with Gasteiger partial charge in [0.1, 0.15) is 11.8 Å². The summed E-state index contributed by atoms with van der Waals surface area (Å²) in [6, 6.07) is 5.86. The van der Waals surface area contributed by atoms with E-state index in [1.54, 1.807) is 18.2 Å². The lowest BCUT2D eigenvalue weighted by molar-refractivity contribution is 0.253. The van der Waals surface area contributed by atoms with Gasteiger partial charge in [-0.05, 0) is 12.1 Å². The van der Waals surface area contributed by atoms with Gasteiger partial charge in [-0.1, -0.05) is 17.7 Å². The molecular weight excluding hydrogens is 309 g/mol. The summed E-state index contributed by atoms with van der Waals surface area (Å²) in [6.07, 6.45) is 2.44. The molecule has 0 bridgehead atoms. The smallest absolute Gasteiger partial charge is 0.338 e. The molecular formula is C14H9ClFN5O. The van der Waals surface area contributed by atoms with Crippen LogP contribution in [0, 0.1) is 17.1 Å². The Morgan fingerprint density at radius 3 is 2.86 bits per heavy atom. The molecule has 0 saturated carbocycles. The van der Waals surface area contributed by atoms with Gasteiger partial charge in [0.15, 0.2) is 5.82 Å². The first-order valence-electron chi connectivity index (χ1n) is 6.22. The van der Waals surface area contributed by atoms with Gasteiger partial charge in [-0.3, -0.25) is 9.99 Å². The molecule has 6 nitrogen and oxygen atoms in total. The standard InChI is InChI=1S/C14H9ClFN5O/c15-10-3-1-2-8(4-17)12(10)20-7-9-5-19-6-11(16)13(9)21(20)14(18)22/h1-3,5-6H,7H2,(H2,18,22). The molecule has 110 valence electrons. The molecule has 3 rings (SSSR count). The monoisotopic (exact) mass is 317 g/mol. The maximum atomic E-state index is 14.0. The maximum absolute atomic E-state index is 14.0. The Morgan fingerprint density at radius 1 is 1.41 bits per heavy atom. The summed E-state index contributed by atoms with van der Waals surface area (Å²) in [7, 11) is 0. The third-order valence-electron chi connectivity index (χ3n) is 3.30. The van der Waals surface area contributed by atoms with Crippen molar-refractivity contribution in [3.05, 3.63) is 52.6 Å². The average molecular weight is 318 g/mol. The number of pyridine rings is 1. The van der Waals surface area contributed by atoms with Gasteiger partial charge in [-0.25, -0.2) is 9.18 Å². The molecule has 22 heavy (non-hydrogen) atoms. The predicted octanol–water partition coefficient (Wildman–Crippen LogP) is 2.57. The number of nitrogens with two attached hydrogens (primary N) is 1. The lowest BCUT2D eigenvalue weighted by Crippen LogP contribution is -2.46. The first-order valence-corrected chi connectivity index (χ1v) is 6.60. The van der Waals surface area contributed by atoms with E-state index in [2.05, 4.69) is 4.98 Å². The summed E-state index contributed by atoms with van der Waals surface area (Å²) >= 11 is 6.16. The second-order valence-electron chi connectivity index (χ2n) is 4.58. The number of urea groups is 1. The van der Waals surface area contributed by atoms with Crippen molar-refractivity contribution in [2.75, 3.05) is 10.0 Å². The number of nitriles is 1. The van der Waals surface area contributed by atoms with Crippen LogP contribution in [0.15, 0.2) is 30.6 Å². The highest BCUT2D eigenvalue weighted by Crippen LogP contribution is 2.40. The number of hydrogen-bond acceptors (Lipinski definition) is 4. The molecule has 1 aliphatic heterocycles. The molecule has 2 aromatic rings. The van der Waals surface area contributed by atoms with Crippen LogP contribution in [0.5, 0.6) is 0 Å². The van der Waals surface area contributed by atoms with E-state index in [4.69, 9.17) is 17.3 Å². The van der Waals surface area contributed by atoms with Crippen molar-refractivity contribution in [1.29, 1.82) is 5.26 Å². The minimum Gasteiger partial charge on any atom is -0.350 e. The lowest BCUT2D eigenvalue weighted by Gasteiger charge is -2.29. The zero-order valence-corrected chi connectivity index (χ0v) is 11.9. The number of rotatable bonds is 1. The topological polar surface area (TPSA) is 86.2 Å². The van der Waals surface area contributed by atoms with Crippen molar-refractivity contribution in [2.45, 2.75) is 6.54 Å². The summed E-state index contributed by atoms with van der Waals surface area (Å²) in [4.78, 5) is 15.6. The number of carbonyl (C=O) groups is 1. The first-order chi connectivity index (χ1) is 10.5. The first kappa shape index (κ1) is 14.1. The van der Waals surface area contributed by atoms with Crippen LogP contribution in [0.25, 0.3) is 0 Å². The summed E-state index contributed by atoms with van der Waals surface area (Å²) < 4.78 is 14.0. The molecule has 0 radical (unpaired) electrons. The highest BCUT2D eigenvalue weighted by atomic mass is 35.5. The van der Waals surface area contributed by atoms with Crippen LogP contribution in [-0.2, 0) is 6.54 Å². The molecule has 1 aromatic carbocycles. The van der Waals surface area contributed by atoms with Crippen LogP contribution in [0.3, 0.4) is 0 Å². The SMILES string of the molecule is N#Cc1cccc(Cl)c1N1Cc2cncc(F)c2N1C(N)=O. The molecule has 0 spiro atoms. The molecule has 0 fully saturated rings. The molecule has 8 heteroatoms. The normalized spacial score (nSPS) is 13.0. The predicted molar refractivity (Wildman–Crippen MR) is 78.6 cm³/mol. The average Bonchev–Trinajstić information content (AvgIpc) is 2.87. The van der Waals surface area contributed by atoms with Gasteiger partial charge in [0.2, 0.25) is 0 Å². The lowest BCUT2D eigenvalue weighted by atomic mass is 10.2. The molecule has 0 aliphatic carbocycles. The van der Waals surface area contributed by atoms with E-state index >= 15 is 0 Å². The molecule has 2 amide bonds. The van der Waals surface area contributed by atoms with Crippen molar-refractivity contribution in [2.24, 2.45) is 5.73 Å². The molecule has 0 unspecified atom stereocenters. The van der Waals surface area contributed by atoms with Gasteiger partial charge in [0.05, 0.1) is 29.0 Å². The van der Waals surface area contributed by atoms with Gasteiger partial charge in [-0.2, -0.15) is 10.3 Å². The van der Waals surface area contributed by atoms with E-state index < -0.39 is 11.8 Å². The Hall–Kier alpha value is -2.85. The number of benzene rings is 1. The summed E-state index contributed by atoms with van der Waals surface area (Å²) in [5.74, 6) is -0.677. The van der Waals surface area contributed by atoms with E-state index in [9.17, 15) is 14.4 Å². The molecule has 2 heterocycles. The van der Waals surface area contributed by atoms with Gasteiger partial charge < -0.3 is 5.73 Å². The zero-order valence-electron chi connectivity index (χ0n) is 11.1. The minimum atomic E-state index is -0.882. The van der Waals surface area contributed by atoms with E-state index in [0.717, 1.165) is 11.2 Å². The van der Waals surface area contributed by atoms with Crippen LogP contribution < -0.4 is 15.8 Å². The minimum absolute atomic E-state index is 0.0197. The van der Waals surface area contributed by atoms with Crippen molar-refractivity contribution in [3.8, 4) is 6.07 Å². The number of fused-ring (bicyclic) bond motifs is 1. The molecule has 1 aliphatic rings. The van der Waals surface area contributed by atoms with Crippen LogP contribution in [-0.4, -0.2) is 11.0 Å². The summed E-state index contributed by atoms with van der Waals surface area (Å²) in [5, 5.41) is 11.8. The number of halogens is 2. The Kier molecular flexibility index (Phi) is 3.31. The third-order valence-corrected chi connectivity index (χ3v) is 3.60. The fourth-order valence-corrected chi connectivity index (χ4v) is 2.72. The van der Waals surface area contributed by atoms with E-state index in [1.165, 1.54) is 11.2 Å². The summed E-state index contributed by atoms with van der Waals surface area (Å²) in [5.41, 5.74) is 6.42. The largest absolute Gasteiger partial charge is 0.350 e. The van der Waals surface area contributed by atoms with Crippen molar-refractivity contribution >= 4 is 29.0 Å². The quantitative estimate of drug-likeness (QED) is 0.875. The van der Waals surface area contributed by atoms with Gasteiger partial charge in [-0.15, -0.1) is 0 Å². The molecule has 0 atom stereocenters. The molecule has 2 N–H and O–H groups in total. The van der Waals surface area contributed by atoms with Crippen molar-refractivity contribution in [3.63, 3.8) is 0 Å². The number of amides is 2. The Balaban J connectivity index is 2.21. The summed E-state index contributed by atoms with van der Waals surface area (Å²) in [6.45, 7) is 0.126. The highest BCUT2D eigenvalue weighted by Gasteiger charge is 2.36. The second-order valence-corrected chi connectivity index (χ2v) is 4.99. The number of hydrogen-bond donors (Lipinski definition) is 1. The van der Waals surface area contributed by atoms with Gasteiger partial charge in [0.25, 0.3) is 0 Å². The van der Waals surface area contributed by atoms with Crippen LogP contribution in [0.4, 0.5) is 20.6 Å². The van der Waals surface area contributed by atoms with Gasteiger partial charge >= 0.3 is 6.03 Å². The number of anilines is 2. The zero-order chi connectivity index (χ0) is 15.9. The number of carbonyl (C=O) groups excluding carboxylic acids is 1. The number of hydrazine groups is 1. The van der Waals surface area contributed by atoms with Crippen molar-refractivity contribution < 1.29 is 9.18 Å². The fraction of sp³-hybridized carbons (Fsp3) is 0.0714. The Morgan fingerprint density at radius 2 is 2.18 bits per heavy atom. The highest BCUT2D eigenvalue weighted by molar-refractivity contribution is 6.33.